The molecule has 0 atom stereocenters. The predicted molar refractivity (Wildman–Crippen MR) is 75.9 cm³/mol. The van der Waals surface area contributed by atoms with E-state index in [0.717, 1.165) is 0 Å². The zero-order valence-electron chi connectivity index (χ0n) is 12.1. The van der Waals surface area contributed by atoms with Gasteiger partial charge in [0.1, 0.15) is 0 Å². The summed E-state index contributed by atoms with van der Waals surface area (Å²) >= 11 is 0. The van der Waals surface area contributed by atoms with Crippen LogP contribution in [-0.4, -0.2) is 0 Å². The quantitative estimate of drug-likeness (QED) is 0.303. The number of hydrogen-bond acceptors (Lipinski definition) is 0. The predicted octanol–water partition coefficient (Wildman–Crippen LogP) is 6.26. The molecule has 96 valence electrons. The third kappa shape index (κ3) is 7.09. The molecule has 0 fully saturated rings. The third-order valence-electron chi connectivity index (χ3n) is 3.39. The van der Waals surface area contributed by atoms with Crippen LogP contribution in [0.5, 0.6) is 0 Å². The highest BCUT2D eigenvalue weighted by Gasteiger charge is 2.04. The van der Waals surface area contributed by atoms with Gasteiger partial charge >= 0.3 is 0 Å². The Hall–Kier alpha value is -0.260. The molecule has 0 amide bonds. The highest BCUT2D eigenvalue weighted by molar-refractivity contribution is 5.14. The van der Waals surface area contributed by atoms with Crippen LogP contribution in [0.1, 0.15) is 91.9 Å². The van der Waals surface area contributed by atoms with Gasteiger partial charge in [-0.2, -0.15) is 0 Å². The van der Waals surface area contributed by atoms with Crippen LogP contribution in [0.3, 0.4) is 0 Å². The molecule has 0 heteroatoms. The lowest BCUT2D eigenvalue weighted by atomic mass is 9.93. The molecule has 0 bridgehead atoms. The molecule has 0 radical (unpaired) electrons. The molecule has 0 heterocycles. The average molecular weight is 224 g/mol. The van der Waals surface area contributed by atoms with E-state index in [-0.39, 0.29) is 0 Å². The van der Waals surface area contributed by atoms with E-state index in [9.17, 15) is 0 Å². The summed E-state index contributed by atoms with van der Waals surface area (Å²) in [6, 6.07) is 0. The molecule has 0 aliphatic heterocycles. The van der Waals surface area contributed by atoms with E-state index in [0.29, 0.717) is 0 Å². The van der Waals surface area contributed by atoms with Gasteiger partial charge < -0.3 is 0 Å². The van der Waals surface area contributed by atoms with E-state index in [4.69, 9.17) is 0 Å². The largest absolute Gasteiger partial charge is 0.0713 e. The summed E-state index contributed by atoms with van der Waals surface area (Å²) in [4.78, 5) is 0. The van der Waals surface area contributed by atoms with Crippen molar-refractivity contribution < 1.29 is 0 Å². The van der Waals surface area contributed by atoms with Crippen LogP contribution in [0.2, 0.25) is 0 Å². The molecule has 0 aromatic carbocycles. The summed E-state index contributed by atoms with van der Waals surface area (Å²) in [5.41, 5.74) is 3.58. The van der Waals surface area contributed by atoms with Crippen molar-refractivity contribution in [3.8, 4) is 0 Å². The van der Waals surface area contributed by atoms with Gasteiger partial charge in [0, 0.05) is 0 Å². The van der Waals surface area contributed by atoms with Crippen molar-refractivity contribution >= 4 is 0 Å². The molecule has 0 saturated carbocycles. The summed E-state index contributed by atoms with van der Waals surface area (Å²) < 4.78 is 0. The average Bonchev–Trinajstić information content (AvgIpc) is 2.31. The normalized spacial score (nSPS) is 12.8. The Labute approximate surface area is 104 Å². The minimum Gasteiger partial charge on any atom is -0.0713 e. The van der Waals surface area contributed by atoms with Gasteiger partial charge in [0.05, 0.1) is 0 Å². The Morgan fingerprint density at radius 2 is 1.19 bits per heavy atom. The van der Waals surface area contributed by atoms with Crippen molar-refractivity contribution in [2.24, 2.45) is 0 Å². The van der Waals surface area contributed by atoms with E-state index in [2.05, 4.69) is 27.7 Å². The second-order valence-electron chi connectivity index (χ2n) is 4.87. The second-order valence-corrected chi connectivity index (χ2v) is 4.87. The first-order chi connectivity index (χ1) is 7.79. The third-order valence-corrected chi connectivity index (χ3v) is 3.39. The molecule has 0 unspecified atom stereocenters. The Bertz CT molecular complexity index is 176. The minimum atomic E-state index is 1.28. The monoisotopic (exact) mass is 224 g/mol. The van der Waals surface area contributed by atoms with Crippen molar-refractivity contribution in [1.82, 2.24) is 0 Å². The van der Waals surface area contributed by atoms with Crippen molar-refractivity contribution in [3.63, 3.8) is 0 Å². The van der Waals surface area contributed by atoms with Gasteiger partial charge in [-0.05, 0) is 38.5 Å². The van der Waals surface area contributed by atoms with Gasteiger partial charge in [-0.15, -0.1) is 0 Å². The van der Waals surface area contributed by atoms with Crippen molar-refractivity contribution in [2.45, 2.75) is 91.9 Å². The van der Waals surface area contributed by atoms with Crippen LogP contribution in [0.4, 0.5) is 0 Å². The number of unbranched alkanes of at least 4 members (excludes halogenated alkanes) is 3. The summed E-state index contributed by atoms with van der Waals surface area (Å²) in [7, 11) is 0. The first kappa shape index (κ1) is 15.7. The van der Waals surface area contributed by atoms with Crippen molar-refractivity contribution in [2.75, 3.05) is 0 Å². The number of hydrogen-bond donors (Lipinski definition) is 0. The standard InChI is InChI=1S/C16H32/c1-5-9-11-14-15(8-4)16(12-7-3)13-10-6-2/h5-14H2,1-4H3/b16-15-. The van der Waals surface area contributed by atoms with Crippen LogP contribution < -0.4 is 0 Å². The maximum Gasteiger partial charge on any atom is -0.0318 e. The molecule has 0 aromatic rings. The van der Waals surface area contributed by atoms with E-state index in [1.807, 2.05) is 0 Å². The Morgan fingerprint density at radius 3 is 1.69 bits per heavy atom. The molecular weight excluding hydrogens is 192 g/mol. The Kier molecular flexibility index (Phi) is 11.0. The Balaban J connectivity index is 4.31. The van der Waals surface area contributed by atoms with Crippen LogP contribution in [0.15, 0.2) is 11.1 Å². The molecule has 0 aliphatic carbocycles. The highest BCUT2D eigenvalue weighted by Crippen LogP contribution is 2.24. The number of rotatable bonds is 10. The molecule has 0 aliphatic rings. The number of allylic oxidation sites excluding steroid dienone is 2. The first-order valence-corrected chi connectivity index (χ1v) is 7.49. The zero-order chi connectivity index (χ0) is 12.2. The second kappa shape index (κ2) is 11.2. The van der Waals surface area contributed by atoms with Crippen LogP contribution >= 0.6 is 0 Å². The fourth-order valence-corrected chi connectivity index (χ4v) is 2.36. The molecule has 0 saturated heterocycles. The van der Waals surface area contributed by atoms with Gasteiger partial charge in [0.15, 0.2) is 0 Å². The van der Waals surface area contributed by atoms with E-state index >= 15 is 0 Å². The molecule has 16 heavy (non-hydrogen) atoms. The molecule has 0 rings (SSSR count). The van der Waals surface area contributed by atoms with Gasteiger partial charge in [-0.1, -0.05) is 64.5 Å². The lowest BCUT2D eigenvalue weighted by Gasteiger charge is -2.14. The smallest absolute Gasteiger partial charge is 0.0318 e. The Morgan fingerprint density at radius 1 is 0.562 bits per heavy atom. The van der Waals surface area contributed by atoms with Gasteiger partial charge in [0.2, 0.25) is 0 Å². The van der Waals surface area contributed by atoms with Gasteiger partial charge in [0.25, 0.3) is 0 Å². The molecule has 0 nitrogen and oxygen atoms in total. The van der Waals surface area contributed by atoms with Crippen LogP contribution in [-0.2, 0) is 0 Å². The fourth-order valence-electron chi connectivity index (χ4n) is 2.36. The van der Waals surface area contributed by atoms with Gasteiger partial charge in [-0.25, -0.2) is 0 Å². The summed E-state index contributed by atoms with van der Waals surface area (Å²) in [5, 5.41) is 0. The minimum absolute atomic E-state index is 1.28. The maximum absolute atomic E-state index is 2.34. The summed E-state index contributed by atoms with van der Waals surface area (Å²) in [6.07, 6.45) is 13.5. The van der Waals surface area contributed by atoms with Crippen LogP contribution in [0, 0.1) is 0 Å². The molecule has 0 aromatic heterocycles. The molecule has 0 N–H and O–H groups in total. The lowest BCUT2D eigenvalue weighted by Crippen LogP contribution is -1.93. The lowest BCUT2D eigenvalue weighted by molar-refractivity contribution is 0.671. The van der Waals surface area contributed by atoms with E-state index in [1.165, 1.54) is 64.2 Å². The van der Waals surface area contributed by atoms with Crippen molar-refractivity contribution in [1.29, 1.82) is 0 Å². The van der Waals surface area contributed by atoms with E-state index < -0.39 is 0 Å². The SMILES string of the molecule is CCCCC/C(CC)=C(/CCC)CCCC. The van der Waals surface area contributed by atoms with E-state index in [1.54, 1.807) is 11.1 Å². The summed E-state index contributed by atoms with van der Waals surface area (Å²) in [6.45, 7) is 9.24. The fraction of sp³-hybridized carbons (Fsp3) is 0.875. The first-order valence-electron chi connectivity index (χ1n) is 7.49. The highest BCUT2D eigenvalue weighted by atomic mass is 14.1. The van der Waals surface area contributed by atoms with Crippen molar-refractivity contribution in [3.05, 3.63) is 11.1 Å². The van der Waals surface area contributed by atoms with Gasteiger partial charge in [-0.3, -0.25) is 0 Å². The summed E-state index contributed by atoms with van der Waals surface area (Å²) in [5.74, 6) is 0. The topological polar surface area (TPSA) is 0 Å². The zero-order valence-corrected chi connectivity index (χ0v) is 12.1. The van der Waals surface area contributed by atoms with Crippen LogP contribution in [0.25, 0.3) is 0 Å². The molecular formula is C16H32. The molecule has 0 spiro atoms. The maximum atomic E-state index is 2.34.